The zero-order valence-electron chi connectivity index (χ0n) is 13.1. The Hall–Kier alpha value is -2.16. The minimum atomic E-state index is -5.32. The second-order valence-corrected chi connectivity index (χ2v) is 8.20. The summed E-state index contributed by atoms with van der Waals surface area (Å²) in [6.07, 6.45) is -10.6. The molecule has 0 aliphatic carbocycles. The van der Waals surface area contributed by atoms with E-state index in [0.717, 1.165) is 0 Å². The van der Waals surface area contributed by atoms with Gasteiger partial charge in [-0.1, -0.05) is 12.1 Å². The van der Waals surface area contributed by atoms with Crippen LogP contribution in [0.5, 0.6) is 0 Å². The molecule has 0 spiro atoms. The van der Waals surface area contributed by atoms with E-state index < -0.39 is 64.6 Å². The maximum atomic E-state index is 13.3. The van der Waals surface area contributed by atoms with Crippen molar-refractivity contribution in [3.05, 3.63) is 47.5 Å². The molecule has 0 amide bonds. The van der Waals surface area contributed by atoms with Gasteiger partial charge in [0.25, 0.3) is 20.2 Å². The molecular weight excluding hydrogens is 442 g/mol. The first-order valence-electron chi connectivity index (χ1n) is 6.80. The van der Waals surface area contributed by atoms with Crippen LogP contribution in [0.1, 0.15) is 11.1 Å². The Morgan fingerprint density at radius 1 is 0.607 bits per heavy atom. The quantitative estimate of drug-likeness (QED) is 0.543. The van der Waals surface area contributed by atoms with Crippen molar-refractivity contribution in [2.75, 3.05) is 0 Å². The van der Waals surface area contributed by atoms with Crippen molar-refractivity contribution < 1.29 is 52.3 Å². The highest BCUT2D eigenvalue weighted by Crippen LogP contribution is 2.44. The fourth-order valence-corrected chi connectivity index (χ4v) is 3.32. The molecule has 2 rings (SSSR count). The molecule has 0 aliphatic rings. The topological polar surface area (TPSA) is 109 Å². The first-order chi connectivity index (χ1) is 12.4. The van der Waals surface area contributed by atoms with E-state index in [-0.39, 0.29) is 12.1 Å². The molecule has 0 fully saturated rings. The van der Waals surface area contributed by atoms with Gasteiger partial charge in [0.1, 0.15) is 0 Å². The second-order valence-electron chi connectivity index (χ2n) is 5.36. The number of alkyl halides is 6. The molecule has 0 aliphatic heterocycles. The molecule has 0 aromatic heterocycles. The Labute approximate surface area is 153 Å². The van der Waals surface area contributed by atoms with E-state index in [4.69, 9.17) is 9.11 Å². The van der Waals surface area contributed by atoms with Crippen LogP contribution >= 0.6 is 0 Å². The molecule has 0 heterocycles. The van der Waals surface area contributed by atoms with Crippen molar-refractivity contribution in [2.45, 2.75) is 22.1 Å². The lowest BCUT2D eigenvalue weighted by Gasteiger charge is -2.18. The standard InChI is InChI=1S/C14H8F6O6S2/c15-13(16,17)11-5-7(27(21,22)23)1-3-9(11)10-4-2-8(28(24,25)26)6-12(10)14(18,19)20/h1-6H,(H,21,22,23)(H,24,25,26). The van der Waals surface area contributed by atoms with Crippen LogP contribution in [0, 0.1) is 0 Å². The summed E-state index contributed by atoms with van der Waals surface area (Å²) in [6, 6.07) is 1.59. The number of rotatable bonds is 3. The molecule has 14 heteroatoms. The third-order valence-electron chi connectivity index (χ3n) is 3.48. The van der Waals surface area contributed by atoms with E-state index in [1.165, 1.54) is 0 Å². The molecule has 0 radical (unpaired) electrons. The van der Waals surface area contributed by atoms with Gasteiger partial charge in [-0.2, -0.15) is 43.2 Å². The summed E-state index contributed by atoms with van der Waals surface area (Å²) in [5.74, 6) is 0. The average molecular weight is 450 g/mol. The van der Waals surface area contributed by atoms with Crippen molar-refractivity contribution >= 4 is 20.2 Å². The van der Waals surface area contributed by atoms with Crippen LogP contribution in [-0.4, -0.2) is 25.9 Å². The number of hydrogen-bond donors (Lipinski definition) is 2. The van der Waals surface area contributed by atoms with E-state index in [0.29, 0.717) is 24.3 Å². The summed E-state index contributed by atoms with van der Waals surface area (Å²) < 4.78 is 142. The maximum absolute atomic E-state index is 13.3. The van der Waals surface area contributed by atoms with E-state index in [9.17, 15) is 43.2 Å². The van der Waals surface area contributed by atoms with E-state index >= 15 is 0 Å². The smallest absolute Gasteiger partial charge is 0.282 e. The predicted molar refractivity (Wildman–Crippen MR) is 81.5 cm³/mol. The fraction of sp³-hybridized carbons (Fsp3) is 0.143. The predicted octanol–water partition coefficient (Wildman–Crippen LogP) is 3.88. The Kier molecular flexibility index (Phi) is 5.31. The van der Waals surface area contributed by atoms with Crippen molar-refractivity contribution in [1.82, 2.24) is 0 Å². The van der Waals surface area contributed by atoms with Crippen LogP contribution in [0.15, 0.2) is 46.2 Å². The Morgan fingerprint density at radius 2 is 0.893 bits per heavy atom. The van der Waals surface area contributed by atoms with E-state index in [1.807, 2.05) is 0 Å². The van der Waals surface area contributed by atoms with Gasteiger partial charge in [0, 0.05) is 0 Å². The number of benzene rings is 2. The van der Waals surface area contributed by atoms with Crippen LogP contribution < -0.4 is 0 Å². The van der Waals surface area contributed by atoms with Gasteiger partial charge >= 0.3 is 12.4 Å². The molecular formula is C14H8F6O6S2. The SMILES string of the molecule is O=S(=O)(O)c1ccc(-c2ccc(S(=O)(=O)O)cc2C(F)(F)F)c(C(F)(F)F)c1. The van der Waals surface area contributed by atoms with Crippen molar-refractivity contribution in [1.29, 1.82) is 0 Å². The highest BCUT2D eigenvalue weighted by Gasteiger charge is 2.39. The van der Waals surface area contributed by atoms with Gasteiger partial charge in [-0.15, -0.1) is 0 Å². The fourth-order valence-electron chi connectivity index (χ4n) is 2.31. The number of hydrogen-bond acceptors (Lipinski definition) is 4. The maximum Gasteiger partial charge on any atom is 0.417 e. The molecule has 0 atom stereocenters. The van der Waals surface area contributed by atoms with Crippen molar-refractivity contribution in [3.8, 4) is 11.1 Å². The zero-order chi connectivity index (χ0) is 21.7. The molecule has 154 valence electrons. The highest BCUT2D eigenvalue weighted by atomic mass is 32.2. The summed E-state index contributed by atoms with van der Waals surface area (Å²) in [5.41, 5.74) is -5.86. The van der Waals surface area contributed by atoms with Gasteiger partial charge < -0.3 is 0 Å². The molecule has 0 bridgehead atoms. The normalized spacial score (nSPS) is 13.6. The molecule has 2 aromatic carbocycles. The van der Waals surface area contributed by atoms with Crippen molar-refractivity contribution in [3.63, 3.8) is 0 Å². The zero-order valence-corrected chi connectivity index (χ0v) is 14.7. The number of halogens is 6. The lowest BCUT2D eigenvalue weighted by Crippen LogP contribution is -2.13. The monoisotopic (exact) mass is 450 g/mol. The Morgan fingerprint density at radius 3 is 1.11 bits per heavy atom. The summed E-state index contributed by atoms with van der Waals surface area (Å²) >= 11 is 0. The molecule has 0 unspecified atom stereocenters. The summed E-state index contributed by atoms with van der Waals surface area (Å²) in [5, 5.41) is 0. The largest absolute Gasteiger partial charge is 0.417 e. The first kappa shape index (κ1) is 22.1. The summed E-state index contributed by atoms with van der Waals surface area (Å²) in [6.45, 7) is 0. The lowest BCUT2D eigenvalue weighted by molar-refractivity contribution is -0.139. The van der Waals surface area contributed by atoms with Gasteiger partial charge in [-0.05, 0) is 35.4 Å². The van der Waals surface area contributed by atoms with Gasteiger partial charge in [0.05, 0.1) is 20.9 Å². The van der Waals surface area contributed by atoms with Crippen LogP contribution in [0.2, 0.25) is 0 Å². The van der Waals surface area contributed by atoms with Crippen LogP contribution in [0.3, 0.4) is 0 Å². The lowest BCUT2D eigenvalue weighted by atomic mass is 9.94. The third-order valence-corrected chi connectivity index (χ3v) is 5.18. The molecule has 28 heavy (non-hydrogen) atoms. The minimum absolute atomic E-state index is 0.0540. The van der Waals surface area contributed by atoms with Crippen molar-refractivity contribution in [2.24, 2.45) is 0 Å². The second kappa shape index (κ2) is 6.72. The van der Waals surface area contributed by atoms with Crippen LogP contribution in [-0.2, 0) is 32.6 Å². The van der Waals surface area contributed by atoms with Crippen LogP contribution in [0.4, 0.5) is 26.3 Å². The average Bonchev–Trinajstić information content (AvgIpc) is 2.50. The molecule has 2 N–H and O–H groups in total. The molecule has 0 saturated carbocycles. The molecule has 2 aromatic rings. The Bertz CT molecular complexity index is 1040. The van der Waals surface area contributed by atoms with Gasteiger partial charge in [0.2, 0.25) is 0 Å². The van der Waals surface area contributed by atoms with Crippen LogP contribution in [0.25, 0.3) is 11.1 Å². The minimum Gasteiger partial charge on any atom is -0.282 e. The summed E-state index contributed by atoms with van der Waals surface area (Å²) in [4.78, 5) is -2.40. The van der Waals surface area contributed by atoms with Gasteiger partial charge in [-0.25, -0.2) is 0 Å². The molecule has 0 saturated heterocycles. The third kappa shape index (κ3) is 4.63. The van der Waals surface area contributed by atoms with Gasteiger partial charge in [-0.3, -0.25) is 9.11 Å². The molecule has 6 nitrogen and oxygen atoms in total. The summed E-state index contributed by atoms with van der Waals surface area (Å²) in [7, 11) is -10.2. The Balaban J connectivity index is 2.91. The highest BCUT2D eigenvalue weighted by molar-refractivity contribution is 7.86. The first-order valence-corrected chi connectivity index (χ1v) is 9.68. The van der Waals surface area contributed by atoms with E-state index in [2.05, 4.69) is 0 Å². The van der Waals surface area contributed by atoms with E-state index in [1.54, 1.807) is 0 Å². The van der Waals surface area contributed by atoms with Gasteiger partial charge in [0.15, 0.2) is 0 Å².